The van der Waals surface area contributed by atoms with Gasteiger partial charge in [0.1, 0.15) is 0 Å². The van der Waals surface area contributed by atoms with Crippen LogP contribution in [0.4, 0.5) is 52.7 Å². The predicted molar refractivity (Wildman–Crippen MR) is 249 cm³/mol. The Morgan fingerprint density at radius 2 is 0.761 bits per heavy atom. The Kier molecular flexibility index (Phi) is 11.4. The van der Waals surface area contributed by atoms with Gasteiger partial charge in [-0.3, -0.25) is 0 Å². The van der Waals surface area contributed by atoms with Crippen molar-refractivity contribution in [1.82, 2.24) is 14.5 Å². The number of benzene rings is 8. The zero-order valence-corrected chi connectivity index (χ0v) is 36.3. The average molecular weight is 974 g/mol. The van der Waals surface area contributed by atoms with E-state index in [2.05, 4.69) is 0 Å². The van der Waals surface area contributed by atoms with Crippen LogP contribution >= 0.6 is 0 Å². The van der Waals surface area contributed by atoms with E-state index in [9.17, 15) is 26.3 Å². The van der Waals surface area contributed by atoms with Crippen LogP contribution in [0.3, 0.4) is 0 Å². The summed E-state index contributed by atoms with van der Waals surface area (Å²) in [6.45, 7) is 0. The fourth-order valence-electron chi connectivity index (χ4n) is 8.95. The highest BCUT2D eigenvalue weighted by molar-refractivity contribution is 6.12. The van der Waals surface area contributed by atoms with Gasteiger partial charge in [-0.15, -0.1) is 0 Å². The van der Waals surface area contributed by atoms with Crippen molar-refractivity contribution >= 4 is 21.8 Å². The molecule has 2 heterocycles. The van der Waals surface area contributed by atoms with E-state index >= 15 is 26.3 Å². The van der Waals surface area contributed by atoms with E-state index < -0.39 is 63.6 Å². The highest BCUT2D eigenvalue weighted by Gasteiger charge is 2.39. The number of halogens is 12. The van der Waals surface area contributed by atoms with Crippen LogP contribution in [-0.4, -0.2) is 14.5 Å². The van der Waals surface area contributed by atoms with Crippen LogP contribution in [-0.2, 0) is 24.7 Å². The van der Waals surface area contributed by atoms with E-state index in [1.807, 2.05) is 0 Å². The molecule has 2 aromatic heterocycles. The lowest BCUT2D eigenvalue weighted by Gasteiger charge is -2.24. The van der Waals surface area contributed by atoms with Gasteiger partial charge in [-0.2, -0.15) is 52.7 Å². The Bertz CT molecular complexity index is 3480. The molecule has 0 aliphatic rings. The fraction of sp³-hybridized carbons (Fsp3) is 0.0714. The topological polar surface area (TPSA) is 30.7 Å². The SMILES string of the molecule is FC(F)(F)c1cc(-c2ccc3c(c2)c2ccccc2n3-c2c(-c3ccccc3C(F)(F)F)cc(-c3nc(-c4ccccc4)cc(-c4ccccc4)n3)cc2-c2ccccc2C(F)(F)F)cc(C(F)(F)F)c1. The lowest BCUT2D eigenvalue weighted by molar-refractivity contribution is -0.143. The largest absolute Gasteiger partial charge is 0.417 e. The first kappa shape index (κ1) is 46.5. The number of nitrogens with zero attached hydrogens (tertiary/aromatic N) is 3. The Morgan fingerprint density at radius 3 is 1.25 bits per heavy atom. The molecule has 0 amide bonds. The van der Waals surface area contributed by atoms with Gasteiger partial charge in [0.25, 0.3) is 0 Å². The molecular weight excluding hydrogens is 943 g/mol. The molecule has 354 valence electrons. The minimum atomic E-state index is -5.16. The lowest BCUT2D eigenvalue weighted by atomic mass is 9.88. The third-order valence-corrected chi connectivity index (χ3v) is 12.1. The zero-order valence-electron chi connectivity index (χ0n) is 36.3. The molecule has 0 fully saturated rings. The van der Waals surface area contributed by atoms with Crippen molar-refractivity contribution in [2.45, 2.75) is 24.7 Å². The smallest absolute Gasteiger partial charge is 0.308 e. The van der Waals surface area contributed by atoms with Gasteiger partial charge in [-0.1, -0.05) is 121 Å². The lowest BCUT2D eigenvalue weighted by Crippen LogP contribution is -2.11. The van der Waals surface area contributed by atoms with Gasteiger partial charge >= 0.3 is 24.7 Å². The number of alkyl halides is 12. The Labute approximate surface area is 395 Å². The second kappa shape index (κ2) is 17.3. The predicted octanol–water partition coefficient (Wildman–Crippen LogP) is 17.7. The molecule has 0 aliphatic carbocycles. The molecule has 8 aromatic carbocycles. The second-order valence-electron chi connectivity index (χ2n) is 16.6. The van der Waals surface area contributed by atoms with Gasteiger partial charge in [0.15, 0.2) is 5.82 Å². The minimum Gasteiger partial charge on any atom is -0.308 e. The highest BCUT2D eigenvalue weighted by Crippen LogP contribution is 2.50. The first-order valence-electron chi connectivity index (χ1n) is 21.6. The first-order chi connectivity index (χ1) is 33.7. The molecule has 0 atom stereocenters. The quantitative estimate of drug-likeness (QED) is 0.149. The molecule has 0 bridgehead atoms. The average Bonchev–Trinajstić information content (AvgIpc) is 3.68. The van der Waals surface area contributed by atoms with Gasteiger partial charge in [-0.05, 0) is 89.0 Å². The Balaban J connectivity index is 1.35. The molecular formula is C56H31F12N3. The number of para-hydroxylation sites is 1. The van der Waals surface area contributed by atoms with Crippen molar-refractivity contribution in [2.75, 3.05) is 0 Å². The van der Waals surface area contributed by atoms with Crippen molar-refractivity contribution in [2.24, 2.45) is 0 Å². The molecule has 15 heteroatoms. The van der Waals surface area contributed by atoms with Gasteiger partial charge in [0.2, 0.25) is 0 Å². The van der Waals surface area contributed by atoms with Crippen LogP contribution in [0.25, 0.3) is 94.8 Å². The number of hydrogen-bond acceptors (Lipinski definition) is 2. The summed E-state index contributed by atoms with van der Waals surface area (Å²) in [5.74, 6) is -0.0422. The summed E-state index contributed by atoms with van der Waals surface area (Å²) < 4.78 is 178. The fourth-order valence-corrected chi connectivity index (χ4v) is 8.95. The van der Waals surface area contributed by atoms with E-state index in [4.69, 9.17) is 9.97 Å². The zero-order chi connectivity index (χ0) is 50.0. The molecule has 71 heavy (non-hydrogen) atoms. The Hall–Kier alpha value is -8.20. The standard InChI is InChI=1S/C56H31F12N3/c57-53(58,59)37-25-35(26-38(30-37)54(60,61)62)34-23-24-50-42(27-34)41-19-9-12-22-49(41)71(50)51-43(39-17-7-10-20-45(39)55(63,64)65)28-36(29-44(51)40-18-8-11-21-46(40)56(66,67)68)52-69-47(32-13-3-1-4-14-32)31-48(70-52)33-15-5-2-6-16-33/h1-31H. The first-order valence-corrected chi connectivity index (χ1v) is 21.6. The van der Waals surface area contributed by atoms with Crippen LogP contribution in [0.2, 0.25) is 0 Å². The maximum atomic E-state index is 15.4. The van der Waals surface area contributed by atoms with Crippen LogP contribution in [0, 0.1) is 0 Å². The van der Waals surface area contributed by atoms with E-state index in [1.165, 1.54) is 71.3 Å². The van der Waals surface area contributed by atoms with E-state index in [0.29, 0.717) is 40.0 Å². The van der Waals surface area contributed by atoms with Crippen molar-refractivity contribution in [1.29, 1.82) is 0 Å². The molecule has 0 unspecified atom stereocenters. The van der Waals surface area contributed by atoms with Crippen molar-refractivity contribution < 1.29 is 52.7 Å². The minimum absolute atomic E-state index is 0.00360. The summed E-state index contributed by atoms with van der Waals surface area (Å²) >= 11 is 0. The molecule has 10 rings (SSSR count). The van der Waals surface area contributed by atoms with Gasteiger partial charge in [0.05, 0.1) is 50.4 Å². The second-order valence-corrected chi connectivity index (χ2v) is 16.6. The van der Waals surface area contributed by atoms with Crippen LogP contribution in [0.5, 0.6) is 0 Å². The molecule has 0 spiro atoms. The molecule has 3 nitrogen and oxygen atoms in total. The molecule has 0 saturated heterocycles. The van der Waals surface area contributed by atoms with Crippen LogP contribution in [0.15, 0.2) is 188 Å². The molecule has 0 radical (unpaired) electrons. The van der Waals surface area contributed by atoms with Crippen molar-refractivity contribution in [3.63, 3.8) is 0 Å². The highest BCUT2D eigenvalue weighted by atomic mass is 19.4. The van der Waals surface area contributed by atoms with Gasteiger partial charge in [0, 0.05) is 38.6 Å². The van der Waals surface area contributed by atoms with Gasteiger partial charge < -0.3 is 4.57 Å². The summed E-state index contributed by atoms with van der Waals surface area (Å²) in [6.07, 6.45) is -20.3. The van der Waals surface area contributed by atoms with E-state index in [0.717, 1.165) is 12.1 Å². The van der Waals surface area contributed by atoms with Crippen LogP contribution in [0.1, 0.15) is 22.3 Å². The maximum absolute atomic E-state index is 15.4. The third kappa shape index (κ3) is 8.88. The Morgan fingerprint density at radius 1 is 0.310 bits per heavy atom. The monoisotopic (exact) mass is 973 g/mol. The molecule has 10 aromatic rings. The summed E-state index contributed by atoms with van der Waals surface area (Å²) in [5, 5.41) is 0.539. The molecule has 0 N–H and O–H groups in total. The number of aromatic nitrogens is 3. The van der Waals surface area contributed by atoms with E-state index in [1.54, 1.807) is 91.0 Å². The molecule has 0 saturated carbocycles. The summed E-state index contributed by atoms with van der Waals surface area (Å²) in [6, 6.07) is 42.9. The third-order valence-electron chi connectivity index (χ3n) is 12.1. The van der Waals surface area contributed by atoms with Gasteiger partial charge in [-0.25, -0.2) is 9.97 Å². The maximum Gasteiger partial charge on any atom is 0.417 e. The van der Waals surface area contributed by atoms with Crippen molar-refractivity contribution in [3.8, 4) is 73.0 Å². The summed E-state index contributed by atoms with van der Waals surface area (Å²) in [5.41, 5.74) is -4.86. The van der Waals surface area contributed by atoms with Crippen molar-refractivity contribution in [3.05, 3.63) is 210 Å². The number of rotatable bonds is 7. The van der Waals surface area contributed by atoms with E-state index in [-0.39, 0.29) is 56.3 Å². The molecule has 0 aliphatic heterocycles. The number of hydrogen-bond donors (Lipinski definition) is 0. The summed E-state index contributed by atoms with van der Waals surface area (Å²) in [7, 11) is 0. The van der Waals surface area contributed by atoms with Crippen LogP contribution < -0.4 is 0 Å². The number of fused-ring (bicyclic) bond motifs is 3. The normalized spacial score (nSPS) is 12.5. The summed E-state index contributed by atoms with van der Waals surface area (Å²) in [4.78, 5) is 9.76.